The van der Waals surface area contributed by atoms with Crippen LogP contribution in [0, 0.1) is 6.92 Å². The van der Waals surface area contributed by atoms with E-state index in [1.165, 1.54) is 0 Å². The molecule has 3 heterocycles. The highest BCUT2D eigenvalue weighted by molar-refractivity contribution is 5.97. The van der Waals surface area contributed by atoms with Gasteiger partial charge in [-0.3, -0.25) is 4.79 Å². The monoisotopic (exact) mass is 460 g/mol. The highest BCUT2D eigenvalue weighted by Crippen LogP contribution is 2.33. The molecule has 176 valence electrons. The molecule has 8 heteroatoms. The van der Waals surface area contributed by atoms with Crippen LogP contribution in [0.3, 0.4) is 0 Å². The third-order valence-corrected chi connectivity index (χ3v) is 6.13. The Bertz CT molecular complexity index is 1190. The van der Waals surface area contributed by atoms with Crippen LogP contribution in [-0.4, -0.2) is 60.7 Å². The number of hydrogen-bond donors (Lipinski definition) is 0. The van der Waals surface area contributed by atoms with Gasteiger partial charge < -0.3 is 24.0 Å². The van der Waals surface area contributed by atoms with E-state index in [0.717, 1.165) is 29.9 Å². The fourth-order valence-corrected chi connectivity index (χ4v) is 4.32. The lowest BCUT2D eigenvalue weighted by atomic mass is 10.0. The lowest BCUT2D eigenvalue weighted by molar-refractivity contribution is 0.0728. The van der Waals surface area contributed by atoms with Gasteiger partial charge in [0, 0.05) is 26.1 Å². The molecule has 1 fully saturated rings. The number of rotatable bonds is 5. The molecule has 0 saturated carbocycles. The maximum Gasteiger partial charge on any atom is 0.257 e. The molecule has 0 spiro atoms. The number of morpholine rings is 1. The SMILES string of the molecule is COc1ccccc1C(=O)N1CCc2nc(N3CCOCC3)nc(Oc3cccc(C)c3)c2C1. The van der Waals surface area contributed by atoms with E-state index in [0.29, 0.717) is 61.6 Å². The van der Waals surface area contributed by atoms with Crippen molar-refractivity contribution in [1.82, 2.24) is 14.9 Å². The first kappa shape index (κ1) is 22.2. The molecule has 8 nitrogen and oxygen atoms in total. The number of aromatic nitrogens is 2. The molecule has 0 atom stereocenters. The number of carbonyl (C=O) groups excluding carboxylic acids is 1. The lowest BCUT2D eigenvalue weighted by Gasteiger charge is -2.32. The second-order valence-electron chi connectivity index (χ2n) is 8.45. The predicted octanol–water partition coefficient (Wildman–Crippen LogP) is 3.62. The van der Waals surface area contributed by atoms with E-state index >= 15 is 0 Å². The van der Waals surface area contributed by atoms with Crippen molar-refractivity contribution in [2.45, 2.75) is 19.9 Å². The molecule has 0 radical (unpaired) electrons. The van der Waals surface area contributed by atoms with Crippen LogP contribution in [0.5, 0.6) is 17.4 Å². The van der Waals surface area contributed by atoms with Crippen molar-refractivity contribution < 1.29 is 19.0 Å². The summed E-state index contributed by atoms with van der Waals surface area (Å²) in [4.78, 5) is 27.0. The number of amides is 1. The predicted molar refractivity (Wildman–Crippen MR) is 128 cm³/mol. The van der Waals surface area contributed by atoms with Crippen molar-refractivity contribution in [2.75, 3.05) is 44.9 Å². The summed E-state index contributed by atoms with van der Waals surface area (Å²) in [5.74, 6) is 2.33. The molecule has 1 saturated heterocycles. The van der Waals surface area contributed by atoms with E-state index in [9.17, 15) is 4.79 Å². The fraction of sp³-hybridized carbons (Fsp3) is 0.346. The zero-order valence-electron chi connectivity index (χ0n) is 19.5. The van der Waals surface area contributed by atoms with Crippen LogP contribution >= 0.6 is 0 Å². The van der Waals surface area contributed by atoms with Gasteiger partial charge in [0.15, 0.2) is 0 Å². The van der Waals surface area contributed by atoms with Crippen LogP contribution in [0.1, 0.15) is 27.2 Å². The number of nitrogens with zero attached hydrogens (tertiary/aromatic N) is 4. The smallest absolute Gasteiger partial charge is 0.257 e. The summed E-state index contributed by atoms with van der Waals surface area (Å²) in [5.41, 5.74) is 3.40. The van der Waals surface area contributed by atoms with Gasteiger partial charge in [0.1, 0.15) is 11.5 Å². The Morgan fingerprint density at radius 2 is 1.85 bits per heavy atom. The van der Waals surface area contributed by atoms with Crippen LogP contribution in [0.25, 0.3) is 0 Å². The van der Waals surface area contributed by atoms with Crippen LogP contribution in [0.4, 0.5) is 5.95 Å². The van der Waals surface area contributed by atoms with E-state index < -0.39 is 0 Å². The number of carbonyl (C=O) groups is 1. The summed E-state index contributed by atoms with van der Waals surface area (Å²) >= 11 is 0. The molecule has 2 aliphatic rings. The molecular formula is C26H28N4O4. The number of benzene rings is 2. The maximum absolute atomic E-state index is 13.4. The average molecular weight is 461 g/mol. The van der Waals surface area contributed by atoms with Crippen LogP contribution < -0.4 is 14.4 Å². The van der Waals surface area contributed by atoms with Gasteiger partial charge in [0.05, 0.1) is 43.7 Å². The highest BCUT2D eigenvalue weighted by atomic mass is 16.5. The molecule has 0 unspecified atom stereocenters. The molecule has 1 amide bonds. The number of para-hydroxylation sites is 1. The Balaban J connectivity index is 1.49. The van der Waals surface area contributed by atoms with Gasteiger partial charge in [-0.2, -0.15) is 4.98 Å². The van der Waals surface area contributed by atoms with E-state index in [1.807, 2.05) is 43.3 Å². The molecule has 1 aromatic heterocycles. The van der Waals surface area contributed by atoms with Gasteiger partial charge >= 0.3 is 0 Å². The number of methoxy groups -OCH3 is 1. The quantitative estimate of drug-likeness (QED) is 0.576. The summed E-state index contributed by atoms with van der Waals surface area (Å²) in [5, 5.41) is 0. The summed E-state index contributed by atoms with van der Waals surface area (Å²) in [6, 6.07) is 15.2. The standard InChI is InChI=1S/C26H28N4O4/c1-18-6-5-7-19(16-18)34-24-21-17-30(25(31)20-8-3-4-9-23(20)32-2)11-10-22(21)27-26(28-24)29-12-14-33-15-13-29/h3-9,16H,10-15,17H2,1-2H3. The van der Waals surface area contributed by atoms with Crippen molar-refractivity contribution >= 4 is 11.9 Å². The van der Waals surface area contributed by atoms with Crippen molar-refractivity contribution in [3.63, 3.8) is 0 Å². The van der Waals surface area contributed by atoms with E-state index in [-0.39, 0.29) is 5.91 Å². The minimum absolute atomic E-state index is 0.0816. The van der Waals surface area contributed by atoms with Crippen molar-refractivity contribution in [3.8, 4) is 17.4 Å². The number of aryl methyl sites for hydroxylation is 1. The zero-order chi connectivity index (χ0) is 23.5. The Morgan fingerprint density at radius 1 is 1.03 bits per heavy atom. The maximum atomic E-state index is 13.4. The van der Waals surface area contributed by atoms with Gasteiger partial charge in [-0.15, -0.1) is 0 Å². The van der Waals surface area contributed by atoms with Crippen molar-refractivity contribution in [1.29, 1.82) is 0 Å². The Hall–Kier alpha value is -3.65. The van der Waals surface area contributed by atoms with Gasteiger partial charge in [-0.05, 0) is 36.8 Å². The molecule has 2 aliphatic heterocycles. The van der Waals surface area contributed by atoms with Crippen molar-refractivity contribution in [3.05, 3.63) is 70.9 Å². The van der Waals surface area contributed by atoms with Crippen molar-refractivity contribution in [2.24, 2.45) is 0 Å². The molecule has 5 rings (SSSR count). The van der Waals surface area contributed by atoms with Crippen LogP contribution in [0.15, 0.2) is 48.5 Å². The summed E-state index contributed by atoms with van der Waals surface area (Å²) in [6.07, 6.45) is 0.625. The molecular weight excluding hydrogens is 432 g/mol. The highest BCUT2D eigenvalue weighted by Gasteiger charge is 2.29. The van der Waals surface area contributed by atoms with E-state index in [1.54, 1.807) is 24.1 Å². The summed E-state index contributed by atoms with van der Waals surface area (Å²) in [7, 11) is 1.58. The minimum Gasteiger partial charge on any atom is -0.496 e. The first-order valence-corrected chi connectivity index (χ1v) is 11.5. The Morgan fingerprint density at radius 3 is 2.65 bits per heavy atom. The molecule has 0 N–H and O–H groups in total. The van der Waals surface area contributed by atoms with Gasteiger partial charge in [0.2, 0.25) is 11.8 Å². The first-order chi connectivity index (χ1) is 16.6. The Labute approximate surface area is 199 Å². The molecule has 3 aromatic rings. The second kappa shape index (κ2) is 9.69. The summed E-state index contributed by atoms with van der Waals surface area (Å²) in [6.45, 7) is 5.73. The molecule has 0 bridgehead atoms. The van der Waals surface area contributed by atoms with Gasteiger partial charge in [0.25, 0.3) is 5.91 Å². The largest absolute Gasteiger partial charge is 0.496 e. The summed E-state index contributed by atoms with van der Waals surface area (Å²) < 4.78 is 17.2. The molecule has 0 aliphatic carbocycles. The first-order valence-electron chi connectivity index (χ1n) is 11.5. The number of fused-ring (bicyclic) bond motifs is 1. The fourth-order valence-electron chi connectivity index (χ4n) is 4.32. The third-order valence-electron chi connectivity index (χ3n) is 6.13. The molecule has 34 heavy (non-hydrogen) atoms. The number of anilines is 1. The Kier molecular flexibility index (Phi) is 6.31. The van der Waals surface area contributed by atoms with Gasteiger partial charge in [-0.1, -0.05) is 24.3 Å². The normalized spacial score (nSPS) is 15.6. The molecule has 2 aromatic carbocycles. The second-order valence-corrected chi connectivity index (χ2v) is 8.45. The number of ether oxygens (including phenoxy) is 3. The number of hydrogen-bond acceptors (Lipinski definition) is 7. The van der Waals surface area contributed by atoms with Crippen LogP contribution in [0.2, 0.25) is 0 Å². The van der Waals surface area contributed by atoms with Gasteiger partial charge in [-0.25, -0.2) is 4.98 Å². The average Bonchev–Trinajstić information content (AvgIpc) is 2.88. The third kappa shape index (κ3) is 4.54. The zero-order valence-corrected chi connectivity index (χ0v) is 19.5. The van der Waals surface area contributed by atoms with Crippen LogP contribution in [-0.2, 0) is 17.7 Å². The lowest BCUT2D eigenvalue weighted by Crippen LogP contribution is -2.39. The van der Waals surface area contributed by atoms with E-state index in [2.05, 4.69) is 4.90 Å². The minimum atomic E-state index is -0.0816. The van der Waals surface area contributed by atoms with E-state index in [4.69, 9.17) is 24.2 Å². The topological polar surface area (TPSA) is 77.0 Å².